The molecule has 1 atom stereocenters. The van der Waals surface area contributed by atoms with E-state index >= 15 is 0 Å². The molecule has 8 nitrogen and oxygen atoms in total. The van der Waals surface area contributed by atoms with Crippen molar-refractivity contribution in [2.45, 2.75) is 64.1 Å². The van der Waals surface area contributed by atoms with E-state index in [1.54, 1.807) is 0 Å². The van der Waals surface area contributed by atoms with Crippen LogP contribution in [0.1, 0.15) is 50.2 Å². The first-order chi connectivity index (χ1) is 11.9. The molecule has 0 amide bonds. The predicted octanol–water partition coefficient (Wildman–Crippen LogP) is 0.679. The number of nitrogens with one attached hydrogen (secondary N) is 2. The summed E-state index contributed by atoms with van der Waals surface area (Å²) >= 11 is 0. The van der Waals surface area contributed by atoms with E-state index in [0.29, 0.717) is 25.0 Å². The molecule has 1 saturated carbocycles. The van der Waals surface area contributed by atoms with Crippen molar-refractivity contribution in [1.29, 1.82) is 0 Å². The second-order valence-electron chi connectivity index (χ2n) is 7.11. The molecule has 0 bridgehead atoms. The third kappa shape index (κ3) is 4.93. The molecule has 0 radical (unpaired) electrons. The SMILES string of the molecule is Cc1nnc(CN=C(NC2CCCCC2)NC2CCS(=O)(=O)C2)n1C. The smallest absolute Gasteiger partial charge is 0.192 e. The molecular formula is C16H28N6O2S. The summed E-state index contributed by atoms with van der Waals surface area (Å²) in [5.41, 5.74) is 0. The van der Waals surface area contributed by atoms with Crippen molar-refractivity contribution < 1.29 is 8.42 Å². The number of rotatable bonds is 4. The van der Waals surface area contributed by atoms with Crippen molar-refractivity contribution in [2.24, 2.45) is 12.0 Å². The Labute approximate surface area is 149 Å². The topological polar surface area (TPSA) is 101 Å². The molecule has 2 aliphatic rings. The fraction of sp³-hybridized carbons (Fsp3) is 0.812. The Bertz CT molecular complexity index is 721. The molecule has 3 rings (SSSR count). The molecule has 0 aromatic carbocycles. The highest BCUT2D eigenvalue weighted by Crippen LogP contribution is 2.17. The van der Waals surface area contributed by atoms with Gasteiger partial charge in [0.1, 0.15) is 12.4 Å². The normalized spacial score (nSPS) is 24.4. The zero-order valence-electron chi connectivity index (χ0n) is 15.0. The van der Waals surface area contributed by atoms with E-state index in [9.17, 15) is 8.42 Å². The van der Waals surface area contributed by atoms with Crippen LogP contribution in [0.15, 0.2) is 4.99 Å². The standard InChI is InChI=1S/C16H28N6O2S/c1-12-20-21-15(22(12)2)10-17-16(18-13-6-4-3-5-7-13)19-14-8-9-25(23,24)11-14/h13-14H,3-11H2,1-2H3,(H2,17,18,19). The molecule has 1 unspecified atom stereocenters. The molecule has 25 heavy (non-hydrogen) atoms. The molecule has 1 aromatic rings. The summed E-state index contributed by atoms with van der Waals surface area (Å²) in [6, 6.07) is 0.334. The molecule has 1 aromatic heterocycles. The van der Waals surface area contributed by atoms with E-state index in [4.69, 9.17) is 0 Å². The monoisotopic (exact) mass is 368 g/mol. The van der Waals surface area contributed by atoms with E-state index in [1.807, 2.05) is 18.5 Å². The van der Waals surface area contributed by atoms with Gasteiger partial charge in [0, 0.05) is 19.1 Å². The summed E-state index contributed by atoms with van der Waals surface area (Å²) in [6.07, 6.45) is 6.64. The Morgan fingerprint density at radius 3 is 2.48 bits per heavy atom. The summed E-state index contributed by atoms with van der Waals surface area (Å²) in [4.78, 5) is 4.65. The van der Waals surface area contributed by atoms with Gasteiger partial charge in [-0.05, 0) is 26.2 Å². The number of aliphatic imine (C=N–C) groups is 1. The van der Waals surface area contributed by atoms with Crippen molar-refractivity contribution in [3.63, 3.8) is 0 Å². The number of aromatic nitrogens is 3. The van der Waals surface area contributed by atoms with Gasteiger partial charge in [-0.15, -0.1) is 10.2 Å². The van der Waals surface area contributed by atoms with Crippen LogP contribution in [0.5, 0.6) is 0 Å². The lowest BCUT2D eigenvalue weighted by Crippen LogP contribution is -2.48. The lowest BCUT2D eigenvalue weighted by Gasteiger charge is -2.26. The van der Waals surface area contributed by atoms with Crippen LogP contribution in [0.25, 0.3) is 0 Å². The average molecular weight is 369 g/mol. The summed E-state index contributed by atoms with van der Waals surface area (Å²) in [5, 5.41) is 15.0. The van der Waals surface area contributed by atoms with Gasteiger partial charge in [0.25, 0.3) is 0 Å². The van der Waals surface area contributed by atoms with Crippen LogP contribution in [-0.4, -0.2) is 52.7 Å². The molecule has 1 aliphatic carbocycles. The minimum absolute atomic E-state index is 0.0685. The van der Waals surface area contributed by atoms with E-state index in [1.165, 1.54) is 19.3 Å². The predicted molar refractivity (Wildman–Crippen MR) is 97.1 cm³/mol. The number of guanidine groups is 1. The maximum atomic E-state index is 11.7. The van der Waals surface area contributed by atoms with Gasteiger partial charge >= 0.3 is 0 Å². The highest BCUT2D eigenvalue weighted by molar-refractivity contribution is 7.91. The van der Waals surface area contributed by atoms with Crippen molar-refractivity contribution >= 4 is 15.8 Å². The van der Waals surface area contributed by atoms with Gasteiger partial charge in [-0.2, -0.15) is 0 Å². The van der Waals surface area contributed by atoms with Crippen LogP contribution >= 0.6 is 0 Å². The first-order valence-corrected chi connectivity index (χ1v) is 10.9. The lowest BCUT2D eigenvalue weighted by atomic mass is 9.96. The zero-order chi connectivity index (χ0) is 17.9. The number of hydrogen-bond acceptors (Lipinski definition) is 5. The van der Waals surface area contributed by atoms with Gasteiger partial charge in [-0.1, -0.05) is 19.3 Å². The summed E-state index contributed by atoms with van der Waals surface area (Å²) in [6.45, 7) is 2.32. The van der Waals surface area contributed by atoms with Crippen LogP contribution in [0.3, 0.4) is 0 Å². The van der Waals surface area contributed by atoms with Gasteiger partial charge in [0.05, 0.1) is 11.5 Å². The summed E-state index contributed by atoms with van der Waals surface area (Å²) < 4.78 is 25.4. The number of nitrogens with zero attached hydrogens (tertiary/aromatic N) is 4. The van der Waals surface area contributed by atoms with Gasteiger partial charge in [-0.25, -0.2) is 13.4 Å². The fourth-order valence-corrected chi connectivity index (χ4v) is 5.09. The Morgan fingerprint density at radius 1 is 1.16 bits per heavy atom. The van der Waals surface area contributed by atoms with E-state index in [0.717, 1.165) is 24.5 Å². The largest absolute Gasteiger partial charge is 0.354 e. The maximum absolute atomic E-state index is 11.7. The molecule has 2 fully saturated rings. The van der Waals surface area contributed by atoms with Gasteiger partial charge < -0.3 is 15.2 Å². The minimum Gasteiger partial charge on any atom is -0.354 e. The van der Waals surface area contributed by atoms with Crippen molar-refractivity contribution in [2.75, 3.05) is 11.5 Å². The van der Waals surface area contributed by atoms with Crippen LogP contribution in [0.4, 0.5) is 0 Å². The Morgan fingerprint density at radius 2 is 1.88 bits per heavy atom. The molecule has 140 valence electrons. The fourth-order valence-electron chi connectivity index (χ4n) is 3.41. The van der Waals surface area contributed by atoms with Crippen molar-refractivity contribution in [3.05, 3.63) is 11.6 Å². The number of aryl methyl sites for hydroxylation is 1. The van der Waals surface area contributed by atoms with Gasteiger partial charge in [-0.3, -0.25) is 0 Å². The number of sulfone groups is 1. The van der Waals surface area contributed by atoms with E-state index in [2.05, 4.69) is 25.8 Å². The van der Waals surface area contributed by atoms with Gasteiger partial charge in [0.2, 0.25) is 0 Å². The molecule has 2 N–H and O–H groups in total. The quantitative estimate of drug-likeness (QED) is 0.599. The van der Waals surface area contributed by atoms with Gasteiger partial charge in [0.15, 0.2) is 21.6 Å². The number of hydrogen-bond donors (Lipinski definition) is 2. The Kier molecular flexibility index (Phi) is 5.61. The average Bonchev–Trinajstić information content (AvgIpc) is 3.08. The molecule has 1 saturated heterocycles. The summed E-state index contributed by atoms with van der Waals surface area (Å²) in [7, 11) is -0.994. The molecule has 9 heteroatoms. The first kappa shape index (κ1) is 18.2. The van der Waals surface area contributed by atoms with Crippen LogP contribution in [0.2, 0.25) is 0 Å². The summed E-state index contributed by atoms with van der Waals surface area (Å²) in [5.74, 6) is 2.77. The van der Waals surface area contributed by atoms with Crippen molar-refractivity contribution in [3.8, 4) is 0 Å². The van der Waals surface area contributed by atoms with Crippen LogP contribution in [-0.2, 0) is 23.4 Å². The Balaban J connectivity index is 1.68. The van der Waals surface area contributed by atoms with Crippen molar-refractivity contribution in [1.82, 2.24) is 25.4 Å². The van der Waals surface area contributed by atoms with E-state index in [-0.39, 0.29) is 17.5 Å². The minimum atomic E-state index is -2.92. The molecule has 0 spiro atoms. The second-order valence-corrected chi connectivity index (χ2v) is 9.34. The highest BCUT2D eigenvalue weighted by atomic mass is 32.2. The zero-order valence-corrected chi connectivity index (χ0v) is 15.8. The highest BCUT2D eigenvalue weighted by Gasteiger charge is 2.29. The van der Waals surface area contributed by atoms with Crippen LogP contribution < -0.4 is 10.6 Å². The third-order valence-electron chi connectivity index (χ3n) is 5.08. The first-order valence-electron chi connectivity index (χ1n) is 9.06. The lowest BCUT2D eigenvalue weighted by molar-refractivity contribution is 0.408. The Hall–Kier alpha value is -1.64. The second kappa shape index (κ2) is 7.72. The molecule has 2 heterocycles. The maximum Gasteiger partial charge on any atom is 0.192 e. The van der Waals surface area contributed by atoms with E-state index < -0.39 is 9.84 Å². The third-order valence-corrected chi connectivity index (χ3v) is 6.85. The van der Waals surface area contributed by atoms with Crippen LogP contribution in [0, 0.1) is 6.92 Å². The molecule has 1 aliphatic heterocycles. The molecular weight excluding hydrogens is 340 g/mol.